The highest BCUT2D eigenvalue weighted by atomic mass is 16.8. The first kappa shape index (κ1) is 11.2. The van der Waals surface area contributed by atoms with Gasteiger partial charge in [0, 0.05) is 13.6 Å². The predicted octanol–water partition coefficient (Wildman–Crippen LogP) is 0.364. The molecule has 0 amide bonds. The minimum Gasteiger partial charge on any atom is -0.349 e. The Balaban J connectivity index is 2.10. The predicted molar refractivity (Wildman–Crippen MR) is 69.3 cm³/mol. The Hall–Kier alpha value is -1.44. The van der Waals surface area contributed by atoms with Crippen LogP contribution in [-0.2, 0) is 14.2 Å². The summed E-state index contributed by atoms with van der Waals surface area (Å²) in [7, 11) is 0. The smallest absolute Gasteiger partial charge is 0.330 e. The maximum Gasteiger partial charge on any atom is 0.330 e. The monoisotopic (exact) mass is 284 g/mol. The van der Waals surface area contributed by atoms with Crippen molar-refractivity contribution < 1.29 is 17.0 Å². The van der Waals surface area contributed by atoms with Crippen LogP contribution in [0.15, 0.2) is 21.8 Å². The minimum absolute atomic E-state index is 0.0535. The molecule has 0 bridgehead atoms. The van der Waals surface area contributed by atoms with Gasteiger partial charge in [-0.1, -0.05) is 0 Å². The molecule has 0 spiro atoms. The number of nitrogens with one attached hydrogen (secondary N) is 1. The maximum atomic E-state index is 12.1. The number of rotatable bonds is 1. The molecule has 0 saturated carbocycles. The van der Waals surface area contributed by atoms with Gasteiger partial charge in [-0.25, -0.2) is 4.79 Å². The summed E-state index contributed by atoms with van der Waals surface area (Å²) in [5.41, 5.74) is -2.45. The van der Waals surface area contributed by atoms with Crippen molar-refractivity contribution in [2.75, 3.05) is 0 Å². The molecule has 4 atom stereocenters. The number of H-pyrrole nitrogens is 1. The zero-order valence-electron chi connectivity index (χ0n) is 13.5. The summed E-state index contributed by atoms with van der Waals surface area (Å²) in [6.45, 7) is 5.19. The van der Waals surface area contributed by atoms with Crippen LogP contribution in [0.5, 0.6) is 0 Å². The minimum atomic E-state index is -0.996. The first-order valence-electron chi connectivity index (χ1n) is 7.53. The number of hydrogen-bond acceptors (Lipinski definition) is 5. The Kier molecular flexibility index (Phi) is 2.27. The van der Waals surface area contributed by atoms with Crippen molar-refractivity contribution in [2.45, 2.75) is 57.5 Å². The van der Waals surface area contributed by atoms with E-state index in [1.54, 1.807) is 20.8 Å². The van der Waals surface area contributed by atoms with Crippen molar-refractivity contribution in [1.29, 1.82) is 0 Å². The molecule has 110 valence electrons. The molecule has 0 aromatic carbocycles. The van der Waals surface area contributed by atoms with E-state index in [2.05, 4.69) is 4.98 Å². The zero-order valence-corrected chi connectivity index (χ0v) is 11.5. The van der Waals surface area contributed by atoms with Crippen molar-refractivity contribution in [3.63, 3.8) is 0 Å². The van der Waals surface area contributed by atoms with Crippen LogP contribution in [0.2, 0.25) is 0 Å². The molecule has 7 nitrogen and oxygen atoms in total. The van der Waals surface area contributed by atoms with Crippen LogP contribution in [0, 0.1) is 0 Å². The normalized spacial score (nSPS) is 40.2. The summed E-state index contributed by atoms with van der Waals surface area (Å²) in [5, 5.41) is 0. The molecule has 2 aliphatic heterocycles. The summed E-state index contributed by atoms with van der Waals surface area (Å²) in [6, 6.07) is -0.351. The number of ether oxygens (including phenoxy) is 3. The van der Waals surface area contributed by atoms with Crippen molar-refractivity contribution >= 4 is 0 Å². The van der Waals surface area contributed by atoms with Gasteiger partial charge in [0.25, 0.3) is 5.56 Å². The Labute approximate surface area is 118 Å². The SMILES string of the molecule is [2H]C[C@H]1O[C@@H](n2cc([2H])c(=O)[nH]c2=O)[C@]2(C)OC(C)(C)O[C@H]12. The van der Waals surface area contributed by atoms with Gasteiger partial charge in [0.05, 0.1) is 7.47 Å². The number of nitrogens with zero attached hydrogens (tertiary/aromatic N) is 1. The van der Waals surface area contributed by atoms with Gasteiger partial charge in [-0.05, 0) is 27.7 Å². The van der Waals surface area contributed by atoms with Crippen LogP contribution >= 0.6 is 0 Å². The molecule has 1 N–H and O–H groups in total. The lowest BCUT2D eigenvalue weighted by atomic mass is 9.97. The molecule has 1 aromatic rings. The van der Waals surface area contributed by atoms with Gasteiger partial charge < -0.3 is 14.2 Å². The second-order valence-corrected chi connectivity index (χ2v) is 5.69. The standard InChI is InChI=1S/C13H18N2O5/c1-7-9-13(4,20-12(2,3)19-9)10(18-7)15-6-5-8(16)14-11(15)17/h5-7,9-10H,1-4H3,(H,14,16,17)/t7-,9-,10-,13-/m1/s1/i1D,5D. The van der Waals surface area contributed by atoms with Crippen LogP contribution in [0.4, 0.5) is 0 Å². The molecule has 7 heteroatoms. The summed E-state index contributed by atoms with van der Waals surface area (Å²) in [5.74, 6) is -0.871. The molecule has 3 rings (SSSR count). The molecule has 3 heterocycles. The van der Waals surface area contributed by atoms with E-state index < -0.39 is 41.1 Å². The fourth-order valence-corrected chi connectivity index (χ4v) is 2.94. The number of fused-ring (bicyclic) bond motifs is 1. The van der Waals surface area contributed by atoms with Gasteiger partial charge in [-0.3, -0.25) is 14.3 Å². The van der Waals surface area contributed by atoms with E-state index in [4.69, 9.17) is 17.0 Å². The van der Waals surface area contributed by atoms with Crippen LogP contribution in [0.1, 0.15) is 36.6 Å². The molecule has 0 aliphatic carbocycles. The second kappa shape index (κ2) is 4.03. The molecular formula is C13H18N2O5. The van der Waals surface area contributed by atoms with Crippen molar-refractivity contribution in [1.82, 2.24) is 9.55 Å². The van der Waals surface area contributed by atoms with E-state index in [1.165, 1.54) is 0 Å². The van der Waals surface area contributed by atoms with E-state index in [9.17, 15) is 9.59 Å². The van der Waals surface area contributed by atoms with Crippen molar-refractivity contribution in [3.8, 4) is 0 Å². The summed E-state index contributed by atoms with van der Waals surface area (Å²) in [6.07, 6.45) is -0.847. The number of aromatic amines is 1. The molecule has 20 heavy (non-hydrogen) atoms. The third-order valence-corrected chi connectivity index (χ3v) is 3.62. The Morgan fingerprint density at radius 2 is 2.20 bits per heavy atom. The lowest BCUT2D eigenvalue weighted by Crippen LogP contribution is -2.45. The quantitative estimate of drug-likeness (QED) is 0.805. The molecule has 2 aliphatic rings. The zero-order chi connectivity index (χ0) is 16.3. The molecular weight excluding hydrogens is 264 g/mol. The average Bonchev–Trinajstić information content (AvgIpc) is 2.80. The summed E-state index contributed by atoms with van der Waals surface area (Å²) >= 11 is 0. The third-order valence-electron chi connectivity index (χ3n) is 3.62. The van der Waals surface area contributed by atoms with Gasteiger partial charge >= 0.3 is 5.69 Å². The first-order valence-corrected chi connectivity index (χ1v) is 6.33. The summed E-state index contributed by atoms with van der Waals surface area (Å²) in [4.78, 5) is 25.5. The first-order chi connectivity index (χ1) is 10.2. The number of hydrogen-bond donors (Lipinski definition) is 1. The van der Waals surface area contributed by atoms with Crippen LogP contribution < -0.4 is 11.2 Å². The highest BCUT2D eigenvalue weighted by molar-refractivity contribution is 5.05. The third kappa shape index (κ3) is 1.85. The molecule has 1 aromatic heterocycles. The fourth-order valence-electron chi connectivity index (χ4n) is 2.94. The van der Waals surface area contributed by atoms with Gasteiger partial charge in [0.1, 0.15) is 11.7 Å². The second-order valence-electron chi connectivity index (χ2n) is 5.69. The van der Waals surface area contributed by atoms with E-state index in [0.29, 0.717) is 0 Å². The Bertz CT molecular complexity index is 715. The largest absolute Gasteiger partial charge is 0.349 e. The molecule has 0 radical (unpaired) electrons. The molecule has 2 saturated heterocycles. The lowest BCUT2D eigenvalue weighted by molar-refractivity contribution is -0.214. The lowest BCUT2D eigenvalue weighted by Gasteiger charge is -2.30. The van der Waals surface area contributed by atoms with Crippen molar-refractivity contribution in [2.24, 2.45) is 0 Å². The van der Waals surface area contributed by atoms with E-state index in [-0.39, 0.29) is 12.9 Å². The van der Waals surface area contributed by atoms with Gasteiger partial charge in [-0.2, -0.15) is 0 Å². The van der Waals surface area contributed by atoms with Crippen molar-refractivity contribution in [3.05, 3.63) is 33.1 Å². The Morgan fingerprint density at radius 1 is 1.45 bits per heavy atom. The van der Waals surface area contributed by atoms with Gasteiger partial charge in [-0.15, -0.1) is 0 Å². The van der Waals surface area contributed by atoms with Gasteiger partial charge in [0.15, 0.2) is 12.0 Å². The highest BCUT2D eigenvalue weighted by Crippen LogP contribution is 2.50. The van der Waals surface area contributed by atoms with E-state index in [1.807, 2.05) is 0 Å². The van der Waals surface area contributed by atoms with Gasteiger partial charge in [0.2, 0.25) is 0 Å². The summed E-state index contributed by atoms with van der Waals surface area (Å²) < 4.78 is 33.8. The van der Waals surface area contributed by atoms with Crippen LogP contribution in [-0.4, -0.2) is 33.1 Å². The molecule has 0 unspecified atom stereocenters. The van der Waals surface area contributed by atoms with Crippen LogP contribution in [0.25, 0.3) is 0 Å². The average molecular weight is 284 g/mol. The molecule has 2 fully saturated rings. The van der Waals surface area contributed by atoms with E-state index >= 15 is 0 Å². The Morgan fingerprint density at radius 3 is 2.90 bits per heavy atom. The van der Waals surface area contributed by atoms with Crippen LogP contribution in [0.3, 0.4) is 0 Å². The fraction of sp³-hybridized carbons (Fsp3) is 0.692. The van der Waals surface area contributed by atoms with E-state index in [0.717, 1.165) is 10.8 Å². The number of aromatic nitrogens is 2. The topological polar surface area (TPSA) is 82.6 Å². The highest BCUT2D eigenvalue weighted by Gasteiger charge is 2.63. The maximum absolute atomic E-state index is 12.1.